The predicted molar refractivity (Wildman–Crippen MR) is 109 cm³/mol. The van der Waals surface area contributed by atoms with E-state index in [1.165, 1.54) is 11.8 Å². The maximum absolute atomic E-state index is 11.8. The molecule has 8 nitrogen and oxygen atoms in total. The number of anilines is 1. The zero-order chi connectivity index (χ0) is 19.9. The summed E-state index contributed by atoms with van der Waals surface area (Å²) in [5.41, 5.74) is 0.858. The fourth-order valence-electron chi connectivity index (χ4n) is 2.90. The summed E-state index contributed by atoms with van der Waals surface area (Å²) in [6.45, 7) is 6.80. The van der Waals surface area contributed by atoms with Gasteiger partial charge in [0.05, 0.1) is 18.1 Å². The highest BCUT2D eigenvalue weighted by molar-refractivity contribution is 7.98. The monoisotopic (exact) mass is 405 g/mol. The summed E-state index contributed by atoms with van der Waals surface area (Å²) in [5, 5.41) is 3.41. The first-order valence-electron chi connectivity index (χ1n) is 9.39. The van der Waals surface area contributed by atoms with Gasteiger partial charge in [0.15, 0.2) is 10.9 Å². The predicted octanol–water partition coefficient (Wildman–Crippen LogP) is 2.01. The van der Waals surface area contributed by atoms with E-state index in [0.717, 1.165) is 37.7 Å². The molecule has 0 unspecified atom stereocenters. The van der Waals surface area contributed by atoms with Crippen LogP contribution in [0.25, 0.3) is 0 Å². The summed E-state index contributed by atoms with van der Waals surface area (Å²) in [6.07, 6.45) is 0. The fraction of sp³-hybridized carbons (Fsp3) is 0.526. The highest BCUT2D eigenvalue weighted by atomic mass is 32.2. The lowest BCUT2D eigenvalue weighted by atomic mass is 10.3. The maximum Gasteiger partial charge on any atom is 0.286 e. The topological polar surface area (TPSA) is 83.7 Å². The third-order valence-electron chi connectivity index (χ3n) is 4.43. The van der Waals surface area contributed by atoms with Crippen LogP contribution >= 0.6 is 11.8 Å². The van der Waals surface area contributed by atoms with Gasteiger partial charge in [-0.3, -0.25) is 4.79 Å². The number of nitrogens with one attached hydrogen (secondary N) is 1. The Morgan fingerprint density at radius 1 is 1.29 bits per heavy atom. The van der Waals surface area contributed by atoms with Gasteiger partial charge in [-0.1, -0.05) is 11.8 Å². The maximum atomic E-state index is 11.8. The van der Waals surface area contributed by atoms with E-state index in [0.29, 0.717) is 35.6 Å². The lowest BCUT2D eigenvalue weighted by molar-refractivity contribution is 0.0927. The van der Waals surface area contributed by atoms with Gasteiger partial charge in [0.2, 0.25) is 0 Å². The molecule has 9 heteroatoms. The van der Waals surface area contributed by atoms with Crippen molar-refractivity contribution in [2.24, 2.45) is 0 Å². The molecule has 152 valence electrons. The van der Waals surface area contributed by atoms with E-state index in [2.05, 4.69) is 27.1 Å². The lowest BCUT2D eigenvalue weighted by Crippen LogP contribution is -2.44. The van der Waals surface area contributed by atoms with E-state index >= 15 is 0 Å². The Morgan fingerprint density at radius 3 is 2.79 bits per heavy atom. The van der Waals surface area contributed by atoms with Gasteiger partial charge in [0, 0.05) is 45.9 Å². The molecular weight excluding hydrogens is 378 g/mol. The average molecular weight is 406 g/mol. The molecule has 0 spiro atoms. The molecule has 0 bridgehead atoms. The molecule has 1 saturated heterocycles. The van der Waals surface area contributed by atoms with Crippen LogP contribution in [0, 0.1) is 0 Å². The van der Waals surface area contributed by atoms with Gasteiger partial charge in [0.25, 0.3) is 5.91 Å². The standard InChI is InChI=1S/C19H27N5O3S/c1-4-20-18(25)16-6-5-15(27-16)13-28-19-21-14(12-26-3)11-17(22-19)24-9-7-23(2)8-10-24/h5-6,11H,4,7-10,12-13H2,1-3H3,(H,20,25). The minimum absolute atomic E-state index is 0.200. The molecule has 2 aromatic heterocycles. The van der Waals surface area contributed by atoms with Crippen molar-refractivity contribution in [3.63, 3.8) is 0 Å². The summed E-state index contributed by atoms with van der Waals surface area (Å²) in [5.74, 6) is 2.32. The van der Waals surface area contributed by atoms with E-state index < -0.39 is 0 Å². The van der Waals surface area contributed by atoms with Crippen LogP contribution in [0.1, 0.15) is 28.9 Å². The van der Waals surface area contributed by atoms with Gasteiger partial charge in [-0.2, -0.15) is 0 Å². The number of aromatic nitrogens is 2. The zero-order valence-electron chi connectivity index (χ0n) is 16.6. The van der Waals surface area contributed by atoms with Crippen molar-refractivity contribution in [2.45, 2.75) is 24.4 Å². The van der Waals surface area contributed by atoms with Gasteiger partial charge in [-0.05, 0) is 26.1 Å². The molecule has 3 rings (SSSR count). The minimum Gasteiger partial charge on any atom is -0.455 e. The van der Waals surface area contributed by atoms with Crippen LogP contribution in [0.5, 0.6) is 0 Å². The van der Waals surface area contributed by atoms with Crippen molar-refractivity contribution < 1.29 is 13.9 Å². The third kappa shape index (κ3) is 5.46. The Bertz CT molecular complexity index is 790. The average Bonchev–Trinajstić information content (AvgIpc) is 3.16. The molecule has 1 aliphatic heterocycles. The molecule has 1 aliphatic rings. The second-order valence-electron chi connectivity index (χ2n) is 6.64. The summed E-state index contributed by atoms with van der Waals surface area (Å²) in [6, 6.07) is 5.51. The van der Waals surface area contributed by atoms with Crippen LogP contribution in [0.3, 0.4) is 0 Å². The number of nitrogens with zero attached hydrogens (tertiary/aromatic N) is 4. The Kier molecular flexibility index (Phi) is 7.30. The van der Waals surface area contributed by atoms with Crippen molar-refractivity contribution >= 4 is 23.5 Å². The van der Waals surface area contributed by atoms with E-state index in [1.807, 2.05) is 19.1 Å². The lowest BCUT2D eigenvalue weighted by Gasteiger charge is -2.33. The number of ether oxygens (including phenoxy) is 1. The van der Waals surface area contributed by atoms with Gasteiger partial charge in [0.1, 0.15) is 11.6 Å². The molecule has 0 radical (unpaired) electrons. The van der Waals surface area contributed by atoms with Crippen LogP contribution in [0.2, 0.25) is 0 Å². The Labute approximate surface area is 169 Å². The molecule has 0 aliphatic carbocycles. The number of rotatable bonds is 8. The SMILES string of the molecule is CCNC(=O)c1ccc(CSc2nc(COC)cc(N3CCN(C)CC3)n2)o1. The molecular formula is C19H27N5O3S. The van der Waals surface area contributed by atoms with E-state index in [4.69, 9.17) is 14.1 Å². The Hall–Kier alpha value is -2.10. The van der Waals surface area contributed by atoms with E-state index in [1.54, 1.807) is 13.2 Å². The zero-order valence-corrected chi connectivity index (χ0v) is 17.4. The van der Waals surface area contributed by atoms with Gasteiger partial charge >= 0.3 is 0 Å². The molecule has 0 saturated carbocycles. The van der Waals surface area contributed by atoms with Crippen LogP contribution in [0.4, 0.5) is 5.82 Å². The second kappa shape index (κ2) is 9.90. The number of piperazine rings is 1. The van der Waals surface area contributed by atoms with Gasteiger partial charge in [-0.25, -0.2) is 9.97 Å². The number of methoxy groups -OCH3 is 1. The third-order valence-corrected chi connectivity index (χ3v) is 5.30. The van der Waals surface area contributed by atoms with Gasteiger partial charge in [-0.15, -0.1) is 0 Å². The molecule has 3 heterocycles. The highest BCUT2D eigenvalue weighted by Gasteiger charge is 2.18. The molecule has 1 N–H and O–H groups in total. The van der Waals surface area contributed by atoms with E-state index in [-0.39, 0.29) is 5.91 Å². The molecule has 1 fully saturated rings. The van der Waals surface area contributed by atoms with Crippen molar-refractivity contribution in [2.75, 3.05) is 51.8 Å². The van der Waals surface area contributed by atoms with Crippen LogP contribution < -0.4 is 10.2 Å². The first kappa shape index (κ1) is 20.6. The van der Waals surface area contributed by atoms with Crippen LogP contribution in [-0.2, 0) is 17.1 Å². The summed E-state index contributed by atoms with van der Waals surface area (Å²) < 4.78 is 10.9. The molecule has 2 aromatic rings. The van der Waals surface area contributed by atoms with Crippen molar-refractivity contribution in [1.82, 2.24) is 20.2 Å². The van der Waals surface area contributed by atoms with Crippen molar-refractivity contribution in [1.29, 1.82) is 0 Å². The number of hydrogen-bond acceptors (Lipinski definition) is 8. The Morgan fingerprint density at radius 2 is 2.07 bits per heavy atom. The number of likely N-dealkylation sites (N-methyl/N-ethyl adjacent to an activating group) is 1. The molecule has 0 aromatic carbocycles. The number of thioether (sulfide) groups is 1. The largest absolute Gasteiger partial charge is 0.455 e. The number of amides is 1. The van der Waals surface area contributed by atoms with Gasteiger partial charge < -0.3 is 24.3 Å². The number of carbonyl (C=O) groups excluding carboxylic acids is 1. The van der Waals surface area contributed by atoms with Crippen LogP contribution in [-0.4, -0.2) is 67.7 Å². The summed E-state index contributed by atoms with van der Waals surface area (Å²) in [4.78, 5) is 25.7. The first-order valence-corrected chi connectivity index (χ1v) is 10.4. The molecule has 0 atom stereocenters. The Balaban J connectivity index is 1.69. The minimum atomic E-state index is -0.200. The van der Waals surface area contributed by atoms with Crippen LogP contribution in [0.15, 0.2) is 27.8 Å². The van der Waals surface area contributed by atoms with E-state index in [9.17, 15) is 4.79 Å². The number of furan rings is 1. The first-order chi connectivity index (χ1) is 13.6. The quantitative estimate of drug-likeness (QED) is 0.527. The molecule has 1 amide bonds. The fourth-order valence-corrected chi connectivity index (χ4v) is 3.67. The molecule has 28 heavy (non-hydrogen) atoms. The smallest absolute Gasteiger partial charge is 0.286 e. The normalized spacial score (nSPS) is 15.0. The van der Waals surface area contributed by atoms with Crippen molar-refractivity contribution in [3.8, 4) is 0 Å². The van der Waals surface area contributed by atoms with Crippen molar-refractivity contribution in [3.05, 3.63) is 35.4 Å². The second-order valence-corrected chi connectivity index (χ2v) is 7.58. The summed E-state index contributed by atoms with van der Waals surface area (Å²) in [7, 11) is 3.80. The number of hydrogen-bond donors (Lipinski definition) is 1. The summed E-state index contributed by atoms with van der Waals surface area (Å²) >= 11 is 1.49. The number of carbonyl (C=O) groups is 1. The highest BCUT2D eigenvalue weighted by Crippen LogP contribution is 2.24.